The predicted octanol–water partition coefficient (Wildman–Crippen LogP) is 5.16. The van der Waals surface area contributed by atoms with Crippen LogP contribution in [0.3, 0.4) is 0 Å². The molecule has 8 nitrogen and oxygen atoms in total. The van der Waals surface area contributed by atoms with E-state index in [-0.39, 0.29) is 17.2 Å². The normalized spacial score (nSPS) is 13.1. The maximum absolute atomic E-state index is 13.4. The molecule has 180 valence electrons. The number of fused-ring (bicyclic) bond motifs is 1. The Bertz CT molecular complexity index is 1310. The Labute approximate surface area is 210 Å². The molecule has 2 atom stereocenters. The average Bonchev–Trinajstić information content (AvgIpc) is 2.83. The molecule has 0 amide bonds. The number of carbonyl (C=O) groups is 1. The van der Waals surface area contributed by atoms with Crippen LogP contribution in [0.15, 0.2) is 44.7 Å². The molecule has 0 saturated carbocycles. The molecular weight excluding hydrogens is 526 g/mol. The Morgan fingerprint density at radius 3 is 2.65 bits per heavy atom. The van der Waals surface area contributed by atoms with Gasteiger partial charge in [0.1, 0.15) is 5.82 Å². The van der Waals surface area contributed by atoms with Crippen molar-refractivity contribution in [3.63, 3.8) is 0 Å². The van der Waals surface area contributed by atoms with Crippen molar-refractivity contribution in [2.45, 2.75) is 39.2 Å². The fourth-order valence-electron chi connectivity index (χ4n) is 3.25. The van der Waals surface area contributed by atoms with Crippen molar-refractivity contribution in [2.75, 3.05) is 14.2 Å². The monoisotopic (exact) mass is 549 g/mol. The van der Waals surface area contributed by atoms with E-state index in [0.717, 1.165) is 10.9 Å². The third kappa shape index (κ3) is 5.42. The molecule has 0 aliphatic carbocycles. The number of rotatable bonds is 8. The van der Waals surface area contributed by atoms with E-state index in [1.807, 2.05) is 19.9 Å². The van der Waals surface area contributed by atoms with Gasteiger partial charge >= 0.3 is 5.97 Å². The van der Waals surface area contributed by atoms with Crippen molar-refractivity contribution in [3.8, 4) is 11.5 Å². The summed E-state index contributed by atoms with van der Waals surface area (Å²) in [7, 11) is 2.73. The minimum Gasteiger partial charge on any atom is -0.493 e. The van der Waals surface area contributed by atoms with E-state index in [4.69, 9.17) is 30.8 Å². The number of hydrogen-bond acceptors (Lipinski definition) is 7. The number of ether oxygens (including phenoxy) is 3. The fraction of sp³-hybridized carbons (Fsp3) is 0.333. The molecule has 0 aliphatic rings. The van der Waals surface area contributed by atoms with Crippen molar-refractivity contribution in [2.24, 2.45) is 5.10 Å². The fourth-order valence-corrected chi connectivity index (χ4v) is 3.83. The second-order valence-corrected chi connectivity index (χ2v) is 8.96. The number of esters is 1. The van der Waals surface area contributed by atoms with Gasteiger partial charge in [-0.3, -0.25) is 4.79 Å². The van der Waals surface area contributed by atoms with Gasteiger partial charge in [0.05, 0.1) is 31.3 Å². The number of hydrogen-bond donors (Lipinski definition) is 0. The maximum atomic E-state index is 13.4. The highest BCUT2D eigenvalue weighted by molar-refractivity contribution is 9.10. The molecule has 3 rings (SSSR count). The lowest BCUT2D eigenvalue weighted by Gasteiger charge is -2.18. The maximum Gasteiger partial charge on any atom is 0.346 e. The first-order chi connectivity index (χ1) is 16.2. The van der Waals surface area contributed by atoms with E-state index in [9.17, 15) is 9.59 Å². The molecule has 0 aliphatic heterocycles. The molecule has 0 unspecified atom stereocenters. The van der Waals surface area contributed by atoms with Crippen LogP contribution >= 0.6 is 27.5 Å². The van der Waals surface area contributed by atoms with Crippen LogP contribution in [0.5, 0.6) is 11.5 Å². The van der Waals surface area contributed by atoms with Crippen LogP contribution in [-0.2, 0) is 9.53 Å². The number of methoxy groups -OCH3 is 2. The lowest BCUT2D eigenvalue weighted by Crippen LogP contribution is -2.26. The first-order valence-electron chi connectivity index (χ1n) is 10.6. The van der Waals surface area contributed by atoms with Gasteiger partial charge in [-0.15, -0.1) is 0 Å². The Morgan fingerprint density at radius 2 is 2.00 bits per heavy atom. The Morgan fingerprint density at radius 1 is 1.26 bits per heavy atom. The van der Waals surface area contributed by atoms with Gasteiger partial charge in [-0.2, -0.15) is 9.78 Å². The molecule has 0 bridgehead atoms. The Hall–Kier alpha value is -2.91. The summed E-state index contributed by atoms with van der Waals surface area (Å²) in [6.07, 6.45) is 1.29. The van der Waals surface area contributed by atoms with Gasteiger partial charge in [0.2, 0.25) is 0 Å². The minimum absolute atomic E-state index is 0.0261. The minimum atomic E-state index is -0.912. The molecule has 1 heterocycles. The zero-order valence-corrected chi connectivity index (χ0v) is 21.8. The van der Waals surface area contributed by atoms with E-state index in [2.05, 4.69) is 21.0 Å². The lowest BCUT2D eigenvalue weighted by atomic mass is 10.1. The topological polar surface area (TPSA) is 92.0 Å². The van der Waals surface area contributed by atoms with E-state index in [1.54, 1.807) is 31.2 Å². The van der Waals surface area contributed by atoms with E-state index >= 15 is 0 Å². The van der Waals surface area contributed by atoms with Crippen LogP contribution in [0, 0.1) is 0 Å². The Kier molecular flexibility index (Phi) is 8.33. The van der Waals surface area contributed by atoms with Crippen LogP contribution in [0.25, 0.3) is 10.9 Å². The van der Waals surface area contributed by atoms with Gasteiger partial charge in [0.15, 0.2) is 17.6 Å². The van der Waals surface area contributed by atoms with Crippen molar-refractivity contribution in [1.29, 1.82) is 0 Å². The number of aromatic nitrogens is 2. The standard InChI is InChI=1S/C24H25BrClN3O5/c1-6-13(2)22-28-19-8-7-16(25)10-18(19)23(30)29(22)27-12-15-9-17(26)11-20(32-4)21(15)34-14(3)24(31)33-5/h7-14H,6H2,1-5H3/t13-,14-/m0/s1. The summed E-state index contributed by atoms with van der Waals surface area (Å²) in [6.45, 7) is 5.55. The number of halogens is 2. The third-order valence-electron chi connectivity index (χ3n) is 5.29. The number of nitrogens with zero attached hydrogens (tertiary/aromatic N) is 3. The van der Waals surface area contributed by atoms with Gasteiger partial charge in [-0.05, 0) is 37.6 Å². The lowest BCUT2D eigenvalue weighted by molar-refractivity contribution is -0.147. The molecule has 0 N–H and O–H groups in total. The quantitative estimate of drug-likeness (QED) is 0.284. The van der Waals surface area contributed by atoms with Crippen molar-refractivity contribution in [3.05, 3.63) is 61.6 Å². The molecule has 2 aromatic carbocycles. The van der Waals surface area contributed by atoms with Crippen LogP contribution in [-0.4, -0.2) is 42.2 Å². The summed E-state index contributed by atoms with van der Waals surface area (Å²) in [6, 6.07) is 8.51. The second kappa shape index (κ2) is 11.0. The summed E-state index contributed by atoms with van der Waals surface area (Å²) >= 11 is 9.67. The smallest absolute Gasteiger partial charge is 0.346 e. The van der Waals surface area contributed by atoms with Crippen LogP contribution in [0.2, 0.25) is 5.02 Å². The summed E-state index contributed by atoms with van der Waals surface area (Å²) in [5, 5.41) is 5.26. The highest BCUT2D eigenvalue weighted by Crippen LogP contribution is 2.35. The van der Waals surface area contributed by atoms with E-state index in [0.29, 0.717) is 33.1 Å². The summed E-state index contributed by atoms with van der Waals surface area (Å²) in [5.74, 6) is 0.488. The van der Waals surface area contributed by atoms with Gasteiger partial charge in [0, 0.05) is 27.0 Å². The van der Waals surface area contributed by atoms with Crippen LogP contribution < -0.4 is 15.0 Å². The average molecular weight is 551 g/mol. The van der Waals surface area contributed by atoms with Gasteiger partial charge in [-0.25, -0.2) is 9.78 Å². The Balaban J connectivity index is 2.19. The number of carbonyl (C=O) groups excluding carboxylic acids is 1. The third-order valence-corrected chi connectivity index (χ3v) is 6.01. The zero-order valence-electron chi connectivity index (χ0n) is 19.5. The molecular formula is C24H25BrClN3O5. The molecule has 3 aromatic rings. The number of benzene rings is 2. The van der Waals surface area contributed by atoms with Gasteiger partial charge in [-0.1, -0.05) is 41.4 Å². The highest BCUT2D eigenvalue weighted by atomic mass is 79.9. The molecule has 10 heteroatoms. The highest BCUT2D eigenvalue weighted by Gasteiger charge is 2.21. The predicted molar refractivity (Wildman–Crippen MR) is 136 cm³/mol. The second-order valence-electron chi connectivity index (χ2n) is 7.61. The van der Waals surface area contributed by atoms with Gasteiger partial charge in [0.25, 0.3) is 5.56 Å². The summed E-state index contributed by atoms with van der Waals surface area (Å²) in [4.78, 5) is 30.0. The first-order valence-corrected chi connectivity index (χ1v) is 11.8. The summed E-state index contributed by atoms with van der Waals surface area (Å²) in [5.41, 5.74) is 0.698. The molecule has 0 radical (unpaired) electrons. The van der Waals surface area contributed by atoms with Crippen molar-refractivity contribution >= 4 is 50.6 Å². The van der Waals surface area contributed by atoms with E-state index < -0.39 is 12.1 Å². The molecule has 0 spiro atoms. The van der Waals surface area contributed by atoms with Crippen LogP contribution in [0.4, 0.5) is 0 Å². The van der Waals surface area contributed by atoms with Crippen LogP contribution in [0.1, 0.15) is 44.5 Å². The van der Waals surface area contributed by atoms with Gasteiger partial charge < -0.3 is 14.2 Å². The molecule has 0 fully saturated rings. The van der Waals surface area contributed by atoms with E-state index in [1.165, 1.54) is 25.1 Å². The first kappa shape index (κ1) is 25.7. The molecule has 0 saturated heterocycles. The largest absolute Gasteiger partial charge is 0.493 e. The zero-order chi connectivity index (χ0) is 25.0. The molecule has 1 aromatic heterocycles. The SMILES string of the molecule is CC[C@H](C)c1nc2ccc(Br)cc2c(=O)n1N=Cc1cc(Cl)cc(OC)c1O[C@@H](C)C(=O)OC. The molecule has 34 heavy (non-hydrogen) atoms. The van der Waals surface area contributed by atoms with Crippen molar-refractivity contribution < 1.29 is 19.0 Å². The van der Waals surface area contributed by atoms with Crippen molar-refractivity contribution in [1.82, 2.24) is 9.66 Å². The summed E-state index contributed by atoms with van der Waals surface area (Å²) < 4.78 is 18.0.